The van der Waals surface area contributed by atoms with Crippen molar-refractivity contribution in [3.63, 3.8) is 0 Å². The molecule has 11 heteroatoms. The van der Waals surface area contributed by atoms with Crippen molar-refractivity contribution in [2.75, 3.05) is 5.75 Å². The largest absolute Gasteiger partial charge is 0.417 e. The van der Waals surface area contributed by atoms with Crippen LogP contribution in [0.1, 0.15) is 11.1 Å². The van der Waals surface area contributed by atoms with Gasteiger partial charge in [-0.05, 0) is 29.8 Å². The molecule has 0 aliphatic heterocycles. The highest BCUT2D eigenvalue weighted by atomic mass is 32.2. The summed E-state index contributed by atoms with van der Waals surface area (Å²) in [6.45, 7) is 0.171. The van der Waals surface area contributed by atoms with Crippen molar-refractivity contribution in [1.29, 1.82) is 0 Å². The first kappa shape index (κ1) is 20.2. The van der Waals surface area contributed by atoms with Crippen LogP contribution in [-0.2, 0) is 27.5 Å². The molecule has 0 saturated heterocycles. The van der Waals surface area contributed by atoms with Gasteiger partial charge in [0.25, 0.3) is 0 Å². The third kappa shape index (κ3) is 6.00. The fourth-order valence-electron chi connectivity index (χ4n) is 1.82. The third-order valence-corrected chi connectivity index (χ3v) is 5.03. The van der Waals surface area contributed by atoms with E-state index in [-0.39, 0.29) is 23.1 Å². The van der Waals surface area contributed by atoms with Crippen LogP contribution in [0.2, 0.25) is 0 Å². The van der Waals surface area contributed by atoms with Gasteiger partial charge in [-0.1, -0.05) is 23.9 Å². The molecule has 0 aliphatic carbocycles. The number of amides is 1. The summed E-state index contributed by atoms with van der Waals surface area (Å²) in [5.74, 6) is -0.361. The fourth-order valence-corrected chi connectivity index (χ4v) is 3.01. The molecule has 0 atom stereocenters. The number of rotatable bonds is 6. The maximum Gasteiger partial charge on any atom is 0.417 e. The predicted octanol–water partition coefficient (Wildman–Crippen LogP) is 2.16. The van der Waals surface area contributed by atoms with Crippen LogP contribution in [0.15, 0.2) is 52.5 Å². The molecule has 1 aromatic heterocycles. The van der Waals surface area contributed by atoms with E-state index >= 15 is 0 Å². The van der Waals surface area contributed by atoms with E-state index in [0.29, 0.717) is 16.8 Å². The lowest BCUT2D eigenvalue weighted by Gasteiger charge is -2.07. The average Bonchev–Trinajstić information content (AvgIpc) is 2.57. The standard InChI is InChI=1S/C15H14F3N3O3S2/c16-15(17,18)11-3-6-14(21-8-11)25-9-13(22)20-7-10-1-4-12(5-2-10)26(19,23)24/h1-6,8H,7,9H2,(H,20,22)(H2,19,23,24). The summed E-state index contributed by atoms with van der Waals surface area (Å²) in [4.78, 5) is 15.4. The number of primary sulfonamides is 1. The van der Waals surface area contributed by atoms with Crippen molar-refractivity contribution < 1.29 is 26.4 Å². The van der Waals surface area contributed by atoms with Crippen molar-refractivity contribution in [3.05, 3.63) is 53.7 Å². The summed E-state index contributed by atoms with van der Waals surface area (Å²) in [6, 6.07) is 7.80. The molecule has 1 aromatic carbocycles. The van der Waals surface area contributed by atoms with Crippen molar-refractivity contribution in [2.45, 2.75) is 22.6 Å². The molecule has 0 spiro atoms. The molecule has 6 nitrogen and oxygen atoms in total. The number of halogens is 3. The molecular formula is C15H14F3N3O3S2. The van der Waals surface area contributed by atoms with Crippen molar-refractivity contribution in [2.24, 2.45) is 5.14 Å². The monoisotopic (exact) mass is 405 g/mol. The predicted molar refractivity (Wildman–Crippen MR) is 89.6 cm³/mol. The van der Waals surface area contributed by atoms with E-state index in [0.717, 1.165) is 17.8 Å². The van der Waals surface area contributed by atoms with Crippen LogP contribution in [0.25, 0.3) is 0 Å². The van der Waals surface area contributed by atoms with E-state index in [4.69, 9.17) is 5.14 Å². The molecule has 1 amide bonds. The van der Waals surface area contributed by atoms with E-state index in [1.807, 2.05) is 0 Å². The number of thioether (sulfide) groups is 1. The number of nitrogens with two attached hydrogens (primary N) is 1. The van der Waals surface area contributed by atoms with E-state index in [9.17, 15) is 26.4 Å². The number of benzene rings is 1. The number of aromatic nitrogens is 1. The minimum atomic E-state index is -4.45. The molecule has 2 rings (SSSR count). The Morgan fingerprint density at radius 2 is 1.81 bits per heavy atom. The minimum Gasteiger partial charge on any atom is -0.351 e. The summed E-state index contributed by atoms with van der Waals surface area (Å²) >= 11 is 1.00. The van der Waals surface area contributed by atoms with E-state index < -0.39 is 21.8 Å². The molecule has 0 bridgehead atoms. The van der Waals surface area contributed by atoms with Gasteiger partial charge in [0.2, 0.25) is 15.9 Å². The zero-order valence-corrected chi connectivity index (χ0v) is 14.8. The van der Waals surface area contributed by atoms with Gasteiger partial charge in [0.15, 0.2) is 0 Å². The van der Waals surface area contributed by atoms with Crippen LogP contribution >= 0.6 is 11.8 Å². The maximum atomic E-state index is 12.4. The Morgan fingerprint density at radius 3 is 2.31 bits per heavy atom. The first-order valence-corrected chi connectivity index (χ1v) is 9.63. The quantitative estimate of drug-likeness (QED) is 0.717. The van der Waals surface area contributed by atoms with E-state index in [2.05, 4.69) is 10.3 Å². The van der Waals surface area contributed by atoms with Gasteiger partial charge in [0.05, 0.1) is 21.2 Å². The summed E-state index contributed by atoms with van der Waals surface area (Å²) in [7, 11) is -3.77. The van der Waals surface area contributed by atoms with Crippen LogP contribution < -0.4 is 10.5 Å². The molecule has 0 saturated carbocycles. The Kier molecular flexibility index (Phi) is 6.26. The number of nitrogens with zero attached hydrogens (tertiary/aromatic N) is 1. The van der Waals surface area contributed by atoms with E-state index in [1.165, 1.54) is 30.3 Å². The van der Waals surface area contributed by atoms with Gasteiger partial charge >= 0.3 is 6.18 Å². The lowest BCUT2D eigenvalue weighted by atomic mass is 10.2. The van der Waals surface area contributed by atoms with Gasteiger partial charge in [-0.2, -0.15) is 13.2 Å². The molecule has 140 valence electrons. The van der Waals surface area contributed by atoms with Crippen molar-refractivity contribution >= 4 is 27.7 Å². The highest BCUT2D eigenvalue weighted by molar-refractivity contribution is 7.99. The lowest BCUT2D eigenvalue weighted by molar-refractivity contribution is -0.137. The SMILES string of the molecule is NS(=O)(=O)c1ccc(CNC(=O)CSc2ccc(C(F)(F)F)cn2)cc1. The molecule has 26 heavy (non-hydrogen) atoms. The number of carbonyl (C=O) groups excluding carboxylic acids is 1. The van der Waals surface area contributed by atoms with Gasteiger partial charge in [-0.25, -0.2) is 18.5 Å². The molecule has 1 heterocycles. The Bertz CT molecular complexity index is 868. The van der Waals surface area contributed by atoms with Crippen LogP contribution in [0.4, 0.5) is 13.2 Å². The Hall–Kier alpha value is -2.11. The first-order chi connectivity index (χ1) is 12.1. The van der Waals surface area contributed by atoms with Crippen LogP contribution in [0.3, 0.4) is 0 Å². The first-order valence-electron chi connectivity index (χ1n) is 7.10. The molecule has 0 radical (unpaired) electrons. The van der Waals surface area contributed by atoms with Crippen molar-refractivity contribution in [3.8, 4) is 0 Å². The molecule has 0 fully saturated rings. The second-order valence-corrected chi connectivity index (χ2v) is 7.69. The summed E-state index contributed by atoms with van der Waals surface area (Å²) < 4.78 is 59.6. The van der Waals surface area contributed by atoms with Crippen molar-refractivity contribution in [1.82, 2.24) is 10.3 Å². The topological polar surface area (TPSA) is 102 Å². The second kappa shape index (κ2) is 8.06. The second-order valence-electron chi connectivity index (χ2n) is 5.14. The normalized spacial score (nSPS) is 12.0. The van der Waals surface area contributed by atoms with E-state index in [1.54, 1.807) is 0 Å². The summed E-state index contributed by atoms with van der Waals surface area (Å²) in [5.41, 5.74) is -0.183. The lowest BCUT2D eigenvalue weighted by Crippen LogP contribution is -2.24. The molecule has 3 N–H and O–H groups in total. The van der Waals surface area contributed by atoms with Crippen LogP contribution in [0, 0.1) is 0 Å². The van der Waals surface area contributed by atoms with Gasteiger partial charge in [0, 0.05) is 12.7 Å². The number of hydrogen-bond acceptors (Lipinski definition) is 5. The summed E-state index contributed by atoms with van der Waals surface area (Å²) in [5, 5.41) is 7.90. The van der Waals surface area contributed by atoms with Gasteiger partial charge < -0.3 is 5.32 Å². The van der Waals surface area contributed by atoms with Gasteiger partial charge in [-0.15, -0.1) is 0 Å². The average molecular weight is 405 g/mol. The number of sulfonamides is 1. The fraction of sp³-hybridized carbons (Fsp3) is 0.200. The zero-order chi connectivity index (χ0) is 19.4. The van der Waals surface area contributed by atoms with Gasteiger partial charge in [-0.3, -0.25) is 4.79 Å². The number of pyridine rings is 1. The molecular weight excluding hydrogens is 391 g/mol. The Balaban J connectivity index is 1.82. The summed E-state index contributed by atoms with van der Waals surface area (Å²) in [6.07, 6.45) is -3.74. The zero-order valence-electron chi connectivity index (χ0n) is 13.2. The molecule has 0 aliphatic rings. The highest BCUT2D eigenvalue weighted by Crippen LogP contribution is 2.29. The minimum absolute atomic E-state index is 0.0202. The number of nitrogens with one attached hydrogen (secondary N) is 1. The number of hydrogen-bond donors (Lipinski definition) is 2. The van der Waals surface area contributed by atoms with Crippen LogP contribution in [-0.4, -0.2) is 25.1 Å². The Labute approximate surface area is 152 Å². The third-order valence-electron chi connectivity index (χ3n) is 3.16. The molecule has 2 aromatic rings. The molecule has 0 unspecified atom stereocenters. The number of alkyl halides is 3. The smallest absolute Gasteiger partial charge is 0.351 e. The highest BCUT2D eigenvalue weighted by Gasteiger charge is 2.30. The number of carbonyl (C=O) groups is 1. The van der Waals surface area contributed by atoms with Gasteiger partial charge in [0.1, 0.15) is 0 Å². The maximum absolute atomic E-state index is 12.4. The van der Waals surface area contributed by atoms with Crippen LogP contribution in [0.5, 0.6) is 0 Å². The Morgan fingerprint density at radius 1 is 1.15 bits per heavy atom.